The summed E-state index contributed by atoms with van der Waals surface area (Å²) in [5.41, 5.74) is 3.49. The zero-order valence-electron chi connectivity index (χ0n) is 14.5. The van der Waals surface area contributed by atoms with Gasteiger partial charge in [-0.2, -0.15) is 0 Å². The zero-order chi connectivity index (χ0) is 17.4. The van der Waals surface area contributed by atoms with Crippen molar-refractivity contribution in [3.63, 3.8) is 0 Å². The van der Waals surface area contributed by atoms with Gasteiger partial charge in [0.25, 0.3) is 5.91 Å². The highest BCUT2D eigenvalue weighted by Crippen LogP contribution is 2.24. The van der Waals surface area contributed by atoms with Crippen LogP contribution in [-0.4, -0.2) is 25.2 Å². The Hall–Kier alpha value is -2.89. The molecular weight excluding hydrogens is 314 g/mol. The molecule has 0 fully saturated rings. The molecule has 3 heterocycles. The maximum absolute atomic E-state index is 12.4. The first kappa shape index (κ1) is 15.6. The molecule has 2 aromatic heterocycles. The molecule has 0 spiro atoms. The highest BCUT2D eigenvalue weighted by Gasteiger charge is 2.17. The third-order valence-electron chi connectivity index (χ3n) is 4.87. The Kier molecular flexibility index (Phi) is 3.87. The third-order valence-corrected chi connectivity index (χ3v) is 4.87. The Morgan fingerprint density at radius 1 is 1.08 bits per heavy atom. The molecular formula is C19H21N5O. The maximum Gasteiger partial charge on any atom is 0.272 e. The molecule has 1 N–H and O–H groups in total. The average Bonchev–Trinajstić information content (AvgIpc) is 3.20. The lowest BCUT2D eigenvalue weighted by Crippen LogP contribution is -2.16. The van der Waals surface area contributed by atoms with Crippen molar-refractivity contribution in [1.82, 2.24) is 19.3 Å². The average molecular weight is 335 g/mol. The highest BCUT2D eigenvalue weighted by molar-refractivity contribution is 6.03. The van der Waals surface area contributed by atoms with E-state index in [2.05, 4.69) is 20.1 Å². The molecule has 1 aromatic carbocycles. The van der Waals surface area contributed by atoms with Gasteiger partial charge in [0, 0.05) is 37.0 Å². The first-order valence-corrected chi connectivity index (χ1v) is 8.59. The summed E-state index contributed by atoms with van der Waals surface area (Å²) in [6, 6.07) is 11.6. The molecule has 0 saturated carbocycles. The summed E-state index contributed by atoms with van der Waals surface area (Å²) in [4.78, 5) is 12.4. The van der Waals surface area contributed by atoms with Gasteiger partial charge in [-0.25, -0.2) is 0 Å². The molecule has 1 aliphatic heterocycles. The smallest absolute Gasteiger partial charge is 0.272 e. The highest BCUT2D eigenvalue weighted by atomic mass is 16.1. The van der Waals surface area contributed by atoms with Crippen LogP contribution in [0.15, 0.2) is 36.4 Å². The summed E-state index contributed by atoms with van der Waals surface area (Å²) in [7, 11) is 1.89. The Labute approximate surface area is 146 Å². The van der Waals surface area contributed by atoms with Crippen LogP contribution in [0.3, 0.4) is 0 Å². The normalized spacial score (nSPS) is 13.5. The van der Waals surface area contributed by atoms with Crippen LogP contribution in [0.5, 0.6) is 0 Å². The Morgan fingerprint density at radius 3 is 2.60 bits per heavy atom. The van der Waals surface area contributed by atoms with Crippen LogP contribution in [0.25, 0.3) is 11.4 Å². The second-order valence-corrected chi connectivity index (χ2v) is 6.50. The van der Waals surface area contributed by atoms with Gasteiger partial charge in [0.2, 0.25) is 0 Å². The van der Waals surface area contributed by atoms with E-state index in [1.54, 1.807) is 0 Å². The first-order chi connectivity index (χ1) is 12.1. The van der Waals surface area contributed by atoms with Crippen LogP contribution >= 0.6 is 0 Å². The van der Waals surface area contributed by atoms with Crippen molar-refractivity contribution in [2.24, 2.45) is 7.05 Å². The molecule has 128 valence electrons. The quantitative estimate of drug-likeness (QED) is 0.799. The van der Waals surface area contributed by atoms with Crippen LogP contribution in [0.2, 0.25) is 0 Å². The molecule has 6 nitrogen and oxygen atoms in total. The second kappa shape index (κ2) is 6.20. The molecule has 0 radical (unpaired) electrons. The zero-order valence-corrected chi connectivity index (χ0v) is 14.5. The second-order valence-electron chi connectivity index (χ2n) is 6.50. The summed E-state index contributed by atoms with van der Waals surface area (Å²) in [6.45, 7) is 2.95. The van der Waals surface area contributed by atoms with Gasteiger partial charge in [-0.1, -0.05) is 0 Å². The lowest BCUT2D eigenvalue weighted by molar-refractivity contribution is 0.101. The van der Waals surface area contributed by atoms with Gasteiger partial charge in [0.05, 0.1) is 0 Å². The van der Waals surface area contributed by atoms with E-state index in [1.807, 2.05) is 54.9 Å². The topological polar surface area (TPSA) is 64.7 Å². The van der Waals surface area contributed by atoms with Crippen LogP contribution in [0.1, 0.15) is 34.8 Å². The Morgan fingerprint density at radius 2 is 1.88 bits per heavy atom. The minimum Gasteiger partial charge on any atom is -0.344 e. The Balaban J connectivity index is 1.53. The lowest BCUT2D eigenvalue weighted by atomic mass is 10.1. The van der Waals surface area contributed by atoms with Gasteiger partial charge in [-0.05, 0) is 56.2 Å². The number of amides is 1. The predicted octanol–water partition coefficient (Wildman–Crippen LogP) is 3.18. The number of benzene rings is 1. The van der Waals surface area contributed by atoms with Gasteiger partial charge >= 0.3 is 0 Å². The van der Waals surface area contributed by atoms with E-state index < -0.39 is 0 Å². The van der Waals surface area contributed by atoms with Gasteiger partial charge in [0.1, 0.15) is 11.5 Å². The number of hydrogen-bond acceptors (Lipinski definition) is 3. The summed E-state index contributed by atoms with van der Waals surface area (Å²) in [5.74, 6) is 1.87. The molecule has 3 aromatic rings. The number of anilines is 1. The minimum absolute atomic E-state index is 0.108. The van der Waals surface area contributed by atoms with E-state index in [4.69, 9.17) is 0 Å². The number of aromatic nitrogens is 4. The fourth-order valence-electron chi connectivity index (χ4n) is 3.26. The van der Waals surface area contributed by atoms with Crippen molar-refractivity contribution in [1.29, 1.82) is 0 Å². The number of carbonyl (C=O) groups excluding carboxylic acids is 1. The lowest BCUT2D eigenvalue weighted by Gasteiger charge is -2.14. The van der Waals surface area contributed by atoms with Crippen molar-refractivity contribution in [3.05, 3.63) is 53.6 Å². The largest absolute Gasteiger partial charge is 0.344 e. The monoisotopic (exact) mass is 335 g/mol. The molecule has 6 heteroatoms. The third kappa shape index (κ3) is 2.84. The number of nitrogens with one attached hydrogen (secondary N) is 1. The number of hydrogen-bond donors (Lipinski definition) is 1. The summed E-state index contributed by atoms with van der Waals surface area (Å²) in [6.07, 6.45) is 3.35. The van der Waals surface area contributed by atoms with Gasteiger partial charge in [-0.15, -0.1) is 10.2 Å². The van der Waals surface area contributed by atoms with Gasteiger partial charge < -0.3 is 14.5 Å². The van der Waals surface area contributed by atoms with Crippen molar-refractivity contribution in [2.75, 3.05) is 5.32 Å². The fraction of sp³-hybridized carbons (Fsp3) is 0.316. The number of nitrogens with zero attached hydrogens (tertiary/aromatic N) is 4. The number of carbonyl (C=O) groups is 1. The predicted molar refractivity (Wildman–Crippen MR) is 96.5 cm³/mol. The Bertz CT molecular complexity index is 920. The fourth-order valence-corrected chi connectivity index (χ4v) is 3.26. The molecule has 0 atom stereocenters. The number of fused-ring (bicyclic) bond motifs is 1. The van der Waals surface area contributed by atoms with E-state index in [0.717, 1.165) is 41.6 Å². The molecule has 0 unspecified atom stereocenters. The maximum atomic E-state index is 12.4. The van der Waals surface area contributed by atoms with Crippen LogP contribution in [-0.2, 0) is 20.0 Å². The molecule has 1 amide bonds. The van der Waals surface area contributed by atoms with E-state index in [-0.39, 0.29) is 5.91 Å². The van der Waals surface area contributed by atoms with E-state index in [0.29, 0.717) is 5.69 Å². The number of rotatable bonds is 3. The van der Waals surface area contributed by atoms with Crippen LogP contribution in [0.4, 0.5) is 5.69 Å². The molecule has 1 aliphatic rings. The summed E-state index contributed by atoms with van der Waals surface area (Å²) >= 11 is 0. The summed E-state index contributed by atoms with van der Waals surface area (Å²) < 4.78 is 4.08. The SMILES string of the molecule is Cc1ccc(C(=O)Nc2ccc(-c3nnc4n3CCCC4)cc2)n1C. The standard InChI is InChI=1S/C19H21N5O/c1-13-6-11-16(23(13)2)19(25)20-15-9-7-14(8-10-15)18-22-21-17-5-3-4-12-24(17)18/h6-11H,3-5,12H2,1-2H3,(H,20,25). The van der Waals surface area contributed by atoms with Crippen molar-refractivity contribution in [3.8, 4) is 11.4 Å². The molecule has 0 aliphatic carbocycles. The first-order valence-electron chi connectivity index (χ1n) is 8.59. The molecule has 25 heavy (non-hydrogen) atoms. The van der Waals surface area contributed by atoms with E-state index >= 15 is 0 Å². The van der Waals surface area contributed by atoms with Crippen LogP contribution < -0.4 is 5.32 Å². The van der Waals surface area contributed by atoms with Crippen LogP contribution in [0, 0.1) is 6.92 Å². The van der Waals surface area contributed by atoms with Gasteiger partial charge in [0.15, 0.2) is 5.82 Å². The van der Waals surface area contributed by atoms with E-state index in [1.165, 1.54) is 12.8 Å². The van der Waals surface area contributed by atoms with Gasteiger partial charge in [-0.3, -0.25) is 4.79 Å². The number of aryl methyl sites for hydroxylation is 2. The molecule has 0 saturated heterocycles. The van der Waals surface area contributed by atoms with Crippen molar-refractivity contribution in [2.45, 2.75) is 32.7 Å². The van der Waals surface area contributed by atoms with E-state index in [9.17, 15) is 4.79 Å². The molecule has 0 bridgehead atoms. The van der Waals surface area contributed by atoms with Crippen molar-refractivity contribution >= 4 is 11.6 Å². The summed E-state index contributed by atoms with van der Waals surface area (Å²) in [5, 5.41) is 11.6. The van der Waals surface area contributed by atoms with Crippen molar-refractivity contribution < 1.29 is 4.79 Å². The minimum atomic E-state index is -0.108. The molecule has 4 rings (SSSR count).